The Kier molecular flexibility index (Phi) is 4.91. The summed E-state index contributed by atoms with van der Waals surface area (Å²) in [6.07, 6.45) is 0. The molecule has 2 aromatic rings. The number of benzene rings is 2. The van der Waals surface area contributed by atoms with Crippen molar-refractivity contribution in [1.82, 2.24) is 0 Å². The molecule has 0 aliphatic heterocycles. The minimum absolute atomic E-state index is 0.0528. The first-order valence-corrected chi connectivity index (χ1v) is 6.35. The van der Waals surface area contributed by atoms with Crippen molar-refractivity contribution in [2.24, 2.45) is 5.73 Å². The number of ether oxygens (including phenoxy) is 1. The van der Waals surface area contributed by atoms with Crippen LogP contribution >= 0.6 is 0 Å². The molecular formula is C16H14N2O3. The van der Waals surface area contributed by atoms with Gasteiger partial charge in [0.15, 0.2) is 5.75 Å². The van der Waals surface area contributed by atoms with E-state index in [1.54, 1.807) is 18.2 Å². The van der Waals surface area contributed by atoms with Gasteiger partial charge in [-0.2, -0.15) is 0 Å². The highest BCUT2D eigenvalue weighted by atomic mass is 16.6. The summed E-state index contributed by atoms with van der Waals surface area (Å²) in [7, 11) is 0. The molecular weight excluding hydrogens is 268 g/mol. The Morgan fingerprint density at radius 2 is 1.86 bits per heavy atom. The van der Waals surface area contributed by atoms with Gasteiger partial charge < -0.3 is 10.5 Å². The molecule has 0 aliphatic carbocycles. The molecule has 0 aromatic heterocycles. The minimum atomic E-state index is -0.463. The second-order valence-corrected chi connectivity index (χ2v) is 4.18. The number of hydrogen-bond donors (Lipinski definition) is 1. The molecule has 0 aliphatic rings. The zero-order valence-corrected chi connectivity index (χ0v) is 11.3. The van der Waals surface area contributed by atoms with Gasteiger partial charge in [-0.3, -0.25) is 10.1 Å². The highest BCUT2D eigenvalue weighted by molar-refractivity contribution is 5.46. The van der Waals surface area contributed by atoms with E-state index in [0.717, 1.165) is 11.1 Å². The van der Waals surface area contributed by atoms with Crippen molar-refractivity contribution in [1.29, 1.82) is 0 Å². The fraction of sp³-hybridized carbons (Fsp3) is 0.125. The first-order valence-electron chi connectivity index (χ1n) is 6.35. The van der Waals surface area contributed by atoms with Crippen LogP contribution < -0.4 is 10.5 Å². The highest BCUT2D eigenvalue weighted by Gasteiger charge is 2.13. The van der Waals surface area contributed by atoms with Crippen molar-refractivity contribution < 1.29 is 9.66 Å². The largest absolute Gasteiger partial charge is 0.482 e. The Labute approximate surface area is 122 Å². The first kappa shape index (κ1) is 14.6. The fourth-order valence-corrected chi connectivity index (χ4v) is 1.80. The number of nitro groups is 1. The molecule has 106 valence electrons. The lowest BCUT2D eigenvalue weighted by atomic mass is 10.1. The molecule has 0 bridgehead atoms. The molecule has 0 heterocycles. The number of rotatable bonds is 4. The summed E-state index contributed by atoms with van der Waals surface area (Å²) in [5, 5.41) is 10.9. The summed E-state index contributed by atoms with van der Waals surface area (Å²) >= 11 is 0. The van der Waals surface area contributed by atoms with Crippen molar-refractivity contribution in [3.63, 3.8) is 0 Å². The number of nitrogens with zero attached hydrogens (tertiary/aromatic N) is 1. The van der Waals surface area contributed by atoms with E-state index in [9.17, 15) is 10.1 Å². The monoisotopic (exact) mass is 282 g/mol. The summed E-state index contributed by atoms with van der Waals surface area (Å²) in [4.78, 5) is 10.5. The molecule has 0 fully saturated rings. The molecule has 0 radical (unpaired) electrons. The summed E-state index contributed by atoms with van der Waals surface area (Å²) in [5.41, 5.74) is 6.98. The van der Waals surface area contributed by atoms with Gasteiger partial charge in [-0.05, 0) is 12.1 Å². The first-order chi connectivity index (χ1) is 10.2. The van der Waals surface area contributed by atoms with Gasteiger partial charge in [-0.15, -0.1) is 0 Å². The van der Waals surface area contributed by atoms with E-state index >= 15 is 0 Å². The Bertz CT molecular complexity index is 702. The van der Waals surface area contributed by atoms with Crippen molar-refractivity contribution in [2.45, 2.75) is 6.61 Å². The van der Waals surface area contributed by atoms with Crippen LogP contribution in [0.4, 0.5) is 5.69 Å². The predicted octanol–water partition coefficient (Wildman–Crippen LogP) is 2.48. The summed E-state index contributed by atoms with van der Waals surface area (Å²) < 4.78 is 5.56. The van der Waals surface area contributed by atoms with Crippen LogP contribution in [-0.2, 0) is 6.61 Å². The molecule has 0 saturated carbocycles. The highest BCUT2D eigenvalue weighted by Crippen LogP contribution is 2.26. The number of nitro benzene ring substituents is 1. The molecule has 0 saturated heterocycles. The molecule has 5 heteroatoms. The van der Waals surface area contributed by atoms with Crippen molar-refractivity contribution in [3.8, 4) is 17.6 Å². The van der Waals surface area contributed by atoms with Crippen molar-refractivity contribution >= 4 is 5.69 Å². The normalized spacial score (nSPS) is 9.57. The number of nitrogens with two attached hydrogens (primary N) is 1. The van der Waals surface area contributed by atoms with Crippen LogP contribution in [0.25, 0.3) is 0 Å². The van der Waals surface area contributed by atoms with Gasteiger partial charge in [0.2, 0.25) is 0 Å². The maximum Gasteiger partial charge on any atom is 0.310 e. The average molecular weight is 282 g/mol. The van der Waals surface area contributed by atoms with Gasteiger partial charge in [-0.1, -0.05) is 42.2 Å². The molecule has 0 unspecified atom stereocenters. The Balaban J connectivity index is 2.19. The quantitative estimate of drug-likeness (QED) is 0.531. The molecule has 0 amide bonds. The zero-order valence-electron chi connectivity index (χ0n) is 11.3. The third-order valence-electron chi connectivity index (χ3n) is 2.79. The molecule has 0 spiro atoms. The van der Waals surface area contributed by atoms with E-state index in [1.165, 1.54) is 6.07 Å². The lowest BCUT2D eigenvalue weighted by molar-refractivity contribution is -0.385. The van der Waals surface area contributed by atoms with Crippen LogP contribution in [0.1, 0.15) is 11.1 Å². The van der Waals surface area contributed by atoms with Gasteiger partial charge in [0.05, 0.1) is 11.5 Å². The van der Waals surface area contributed by atoms with E-state index in [1.807, 2.05) is 24.3 Å². The van der Waals surface area contributed by atoms with Crippen LogP contribution in [0.3, 0.4) is 0 Å². The number of hydrogen-bond acceptors (Lipinski definition) is 4. The van der Waals surface area contributed by atoms with E-state index in [4.69, 9.17) is 10.5 Å². The van der Waals surface area contributed by atoms with Gasteiger partial charge in [-0.25, -0.2) is 0 Å². The average Bonchev–Trinajstić information content (AvgIpc) is 2.52. The minimum Gasteiger partial charge on any atom is -0.482 e. The lowest BCUT2D eigenvalue weighted by Gasteiger charge is -2.08. The van der Waals surface area contributed by atoms with Gasteiger partial charge in [0.25, 0.3) is 0 Å². The second kappa shape index (κ2) is 7.08. The van der Waals surface area contributed by atoms with E-state index in [-0.39, 0.29) is 24.6 Å². The molecule has 5 nitrogen and oxygen atoms in total. The maximum absolute atomic E-state index is 10.9. The van der Waals surface area contributed by atoms with E-state index in [2.05, 4.69) is 11.8 Å². The van der Waals surface area contributed by atoms with Crippen LogP contribution in [-0.4, -0.2) is 11.5 Å². The SMILES string of the molecule is NCC#Cc1ccccc1COc1ccccc1[N+](=O)[O-]. The van der Waals surface area contributed by atoms with Crippen LogP contribution in [0.2, 0.25) is 0 Å². The van der Waals surface area contributed by atoms with E-state index in [0.29, 0.717) is 0 Å². The van der Waals surface area contributed by atoms with Gasteiger partial charge in [0.1, 0.15) is 6.61 Å². The summed E-state index contributed by atoms with van der Waals surface area (Å²) in [6.45, 7) is 0.486. The summed E-state index contributed by atoms with van der Waals surface area (Å²) in [5.74, 6) is 5.98. The van der Waals surface area contributed by atoms with Gasteiger partial charge in [0, 0.05) is 17.2 Å². The second-order valence-electron chi connectivity index (χ2n) is 4.18. The van der Waals surface area contributed by atoms with E-state index < -0.39 is 4.92 Å². The van der Waals surface area contributed by atoms with Crippen LogP contribution in [0.15, 0.2) is 48.5 Å². The molecule has 0 atom stereocenters. The van der Waals surface area contributed by atoms with Gasteiger partial charge >= 0.3 is 5.69 Å². The Morgan fingerprint density at radius 1 is 1.14 bits per heavy atom. The smallest absolute Gasteiger partial charge is 0.310 e. The number of para-hydroxylation sites is 2. The standard InChI is InChI=1S/C16H14N2O3/c17-11-5-8-13-6-1-2-7-14(13)12-21-16-10-4-3-9-15(16)18(19)20/h1-4,6-7,9-10H,11-12,17H2. The third-order valence-corrected chi connectivity index (χ3v) is 2.79. The molecule has 2 rings (SSSR count). The molecule has 2 N–H and O–H groups in total. The van der Waals surface area contributed by atoms with Crippen molar-refractivity contribution in [2.75, 3.05) is 6.54 Å². The van der Waals surface area contributed by atoms with Crippen molar-refractivity contribution in [3.05, 3.63) is 69.8 Å². The topological polar surface area (TPSA) is 78.4 Å². The fourth-order valence-electron chi connectivity index (χ4n) is 1.80. The zero-order chi connectivity index (χ0) is 15.1. The van der Waals surface area contributed by atoms with Crippen LogP contribution in [0, 0.1) is 22.0 Å². The maximum atomic E-state index is 10.9. The molecule has 21 heavy (non-hydrogen) atoms. The Morgan fingerprint density at radius 3 is 2.62 bits per heavy atom. The predicted molar refractivity (Wildman–Crippen MR) is 79.8 cm³/mol. The molecule has 2 aromatic carbocycles. The third kappa shape index (κ3) is 3.81. The van der Waals surface area contributed by atoms with Crippen LogP contribution in [0.5, 0.6) is 5.75 Å². The lowest BCUT2D eigenvalue weighted by Crippen LogP contribution is -2.01. The summed E-state index contributed by atoms with van der Waals surface area (Å²) in [6, 6.07) is 13.8. The Hall–Kier alpha value is -2.84.